The van der Waals surface area contributed by atoms with Crippen molar-refractivity contribution in [3.05, 3.63) is 59.9 Å². The molecule has 0 spiro atoms. The van der Waals surface area contributed by atoms with Gasteiger partial charge < -0.3 is 10.1 Å². The number of anilines is 1. The highest BCUT2D eigenvalue weighted by Gasteiger charge is 2.31. The molecule has 3 aromatic rings. The monoisotopic (exact) mass is 391 g/mol. The maximum absolute atomic E-state index is 13.0. The van der Waals surface area contributed by atoms with E-state index in [1.807, 2.05) is 6.92 Å². The van der Waals surface area contributed by atoms with Crippen LogP contribution >= 0.6 is 0 Å². The van der Waals surface area contributed by atoms with Crippen LogP contribution in [0.4, 0.5) is 18.9 Å². The molecule has 2 aromatic carbocycles. The highest BCUT2D eigenvalue weighted by atomic mass is 19.4. The van der Waals surface area contributed by atoms with Crippen molar-refractivity contribution in [2.75, 3.05) is 11.9 Å². The molecule has 1 N–H and O–H groups in total. The molecule has 0 saturated carbocycles. The minimum Gasteiger partial charge on any atom is -0.491 e. The second-order valence-corrected chi connectivity index (χ2v) is 5.81. The number of ether oxygens (including phenoxy) is 1. The fourth-order valence-corrected chi connectivity index (χ4v) is 2.38. The summed E-state index contributed by atoms with van der Waals surface area (Å²) in [4.78, 5) is 12.5. The number of halogens is 3. The van der Waals surface area contributed by atoms with Crippen molar-refractivity contribution in [1.82, 2.24) is 20.2 Å². The van der Waals surface area contributed by atoms with E-state index in [2.05, 4.69) is 20.8 Å². The van der Waals surface area contributed by atoms with Crippen LogP contribution in [0, 0.1) is 0 Å². The van der Waals surface area contributed by atoms with Gasteiger partial charge in [-0.25, -0.2) is 4.68 Å². The maximum atomic E-state index is 13.0. The Morgan fingerprint density at radius 1 is 1.18 bits per heavy atom. The fourth-order valence-electron chi connectivity index (χ4n) is 2.38. The van der Waals surface area contributed by atoms with E-state index in [1.54, 1.807) is 12.1 Å². The third-order valence-electron chi connectivity index (χ3n) is 3.76. The summed E-state index contributed by atoms with van der Waals surface area (Å²) in [5.41, 5.74) is -0.0261. The summed E-state index contributed by atoms with van der Waals surface area (Å²) in [5, 5.41) is 13.3. The lowest BCUT2D eigenvalue weighted by Gasteiger charge is -2.15. The average Bonchev–Trinajstić information content (AvgIpc) is 3.21. The van der Waals surface area contributed by atoms with Crippen molar-refractivity contribution in [3.8, 4) is 11.4 Å². The van der Waals surface area contributed by atoms with Gasteiger partial charge >= 0.3 is 6.18 Å². The summed E-state index contributed by atoms with van der Waals surface area (Å²) in [6.07, 6.45) is -2.46. The van der Waals surface area contributed by atoms with E-state index in [0.717, 1.165) is 12.1 Å². The van der Waals surface area contributed by atoms with E-state index < -0.39 is 17.6 Å². The largest absolute Gasteiger partial charge is 0.491 e. The Morgan fingerprint density at radius 3 is 2.54 bits per heavy atom. The van der Waals surface area contributed by atoms with Crippen molar-refractivity contribution in [2.24, 2.45) is 0 Å². The highest BCUT2D eigenvalue weighted by Crippen LogP contribution is 2.35. The molecule has 0 aliphatic heterocycles. The van der Waals surface area contributed by atoms with E-state index in [-0.39, 0.29) is 17.0 Å². The first-order valence-corrected chi connectivity index (χ1v) is 8.37. The standard InChI is InChI=1S/C18H16F3N5O2/c1-2-9-28-16-8-5-13(18(19,20)21)10-15(16)23-17(27)12-3-6-14(7-4-12)26-11-22-24-25-26/h3-8,10-11H,2,9H2,1H3,(H,23,27). The summed E-state index contributed by atoms with van der Waals surface area (Å²) in [6, 6.07) is 9.26. The summed E-state index contributed by atoms with van der Waals surface area (Å²) in [7, 11) is 0. The second kappa shape index (κ2) is 8.07. The van der Waals surface area contributed by atoms with Crippen LogP contribution in [0.2, 0.25) is 0 Å². The third kappa shape index (κ3) is 4.45. The topological polar surface area (TPSA) is 81.9 Å². The van der Waals surface area contributed by atoms with Crippen molar-refractivity contribution >= 4 is 11.6 Å². The normalized spacial score (nSPS) is 11.3. The summed E-state index contributed by atoms with van der Waals surface area (Å²) >= 11 is 0. The molecular weight excluding hydrogens is 375 g/mol. The van der Waals surface area contributed by atoms with Gasteiger partial charge in [-0.3, -0.25) is 4.79 Å². The minimum absolute atomic E-state index is 0.0437. The lowest BCUT2D eigenvalue weighted by atomic mass is 10.1. The van der Waals surface area contributed by atoms with Gasteiger partial charge in [0.15, 0.2) is 0 Å². The Labute approximate surface area is 158 Å². The van der Waals surface area contributed by atoms with Crippen molar-refractivity contribution in [3.63, 3.8) is 0 Å². The van der Waals surface area contributed by atoms with Crippen molar-refractivity contribution in [1.29, 1.82) is 0 Å². The molecule has 3 rings (SSSR count). The van der Waals surface area contributed by atoms with Gasteiger partial charge in [-0.05, 0) is 59.3 Å². The third-order valence-corrected chi connectivity index (χ3v) is 3.76. The predicted molar refractivity (Wildman–Crippen MR) is 94.3 cm³/mol. The smallest absolute Gasteiger partial charge is 0.416 e. The molecule has 7 nitrogen and oxygen atoms in total. The van der Waals surface area contributed by atoms with Crippen LogP contribution in [0.1, 0.15) is 29.3 Å². The molecule has 1 heterocycles. The van der Waals surface area contributed by atoms with Crippen LogP contribution in [0.3, 0.4) is 0 Å². The van der Waals surface area contributed by atoms with E-state index >= 15 is 0 Å². The van der Waals surface area contributed by atoms with Gasteiger partial charge in [0.1, 0.15) is 12.1 Å². The Kier molecular flexibility index (Phi) is 5.57. The lowest BCUT2D eigenvalue weighted by Crippen LogP contribution is -2.15. The van der Waals surface area contributed by atoms with Gasteiger partial charge in [0.2, 0.25) is 0 Å². The summed E-state index contributed by atoms with van der Waals surface area (Å²) < 4.78 is 45.9. The van der Waals surface area contributed by atoms with Gasteiger partial charge in [-0.15, -0.1) is 5.10 Å². The number of hydrogen-bond donors (Lipinski definition) is 1. The second-order valence-electron chi connectivity index (χ2n) is 5.81. The molecule has 0 aliphatic carbocycles. The number of nitrogens with zero attached hydrogens (tertiary/aromatic N) is 4. The molecule has 1 aromatic heterocycles. The first-order chi connectivity index (χ1) is 13.4. The number of nitrogens with one attached hydrogen (secondary N) is 1. The summed E-state index contributed by atoms with van der Waals surface area (Å²) in [6.45, 7) is 2.18. The number of hydrogen-bond acceptors (Lipinski definition) is 5. The molecule has 0 fully saturated rings. The number of rotatable bonds is 6. The number of aromatic nitrogens is 4. The van der Waals surface area contributed by atoms with Crippen LogP contribution in [-0.2, 0) is 6.18 Å². The molecular formula is C18H16F3N5O2. The van der Waals surface area contributed by atoms with E-state index in [4.69, 9.17) is 4.74 Å². The van der Waals surface area contributed by atoms with E-state index in [0.29, 0.717) is 18.7 Å². The molecule has 0 atom stereocenters. The molecule has 10 heteroatoms. The van der Waals surface area contributed by atoms with Crippen LogP contribution in [0.25, 0.3) is 5.69 Å². The number of carbonyl (C=O) groups is 1. The molecule has 0 aliphatic rings. The Morgan fingerprint density at radius 2 is 1.93 bits per heavy atom. The van der Waals surface area contributed by atoms with Gasteiger partial charge in [-0.1, -0.05) is 6.92 Å². The van der Waals surface area contributed by atoms with Crippen LogP contribution < -0.4 is 10.1 Å². The van der Waals surface area contributed by atoms with E-state index in [1.165, 1.54) is 29.2 Å². The lowest BCUT2D eigenvalue weighted by molar-refractivity contribution is -0.137. The molecule has 1 amide bonds. The first-order valence-electron chi connectivity index (χ1n) is 8.37. The fraction of sp³-hybridized carbons (Fsp3) is 0.222. The van der Waals surface area contributed by atoms with Gasteiger partial charge in [0.05, 0.1) is 23.5 Å². The minimum atomic E-state index is -4.53. The first kappa shape index (κ1) is 19.3. The predicted octanol–water partition coefficient (Wildman–Crippen LogP) is 3.72. The van der Waals surface area contributed by atoms with Crippen LogP contribution in [0.5, 0.6) is 5.75 Å². The number of benzene rings is 2. The Balaban J connectivity index is 1.83. The zero-order valence-corrected chi connectivity index (χ0v) is 14.8. The van der Waals surface area contributed by atoms with Gasteiger partial charge in [0, 0.05) is 5.56 Å². The molecule has 0 radical (unpaired) electrons. The molecule has 146 valence electrons. The average molecular weight is 391 g/mol. The van der Waals surface area contributed by atoms with Gasteiger partial charge in [0.25, 0.3) is 5.91 Å². The number of amides is 1. The van der Waals surface area contributed by atoms with Crippen LogP contribution in [0.15, 0.2) is 48.8 Å². The van der Waals surface area contributed by atoms with Gasteiger partial charge in [-0.2, -0.15) is 13.2 Å². The van der Waals surface area contributed by atoms with E-state index in [9.17, 15) is 18.0 Å². The number of carbonyl (C=O) groups excluding carboxylic acids is 1. The zero-order valence-electron chi connectivity index (χ0n) is 14.8. The molecule has 28 heavy (non-hydrogen) atoms. The molecule has 0 bridgehead atoms. The summed E-state index contributed by atoms with van der Waals surface area (Å²) in [5.74, 6) is -0.391. The van der Waals surface area contributed by atoms with Crippen molar-refractivity contribution in [2.45, 2.75) is 19.5 Å². The highest BCUT2D eigenvalue weighted by molar-refractivity contribution is 6.05. The SMILES string of the molecule is CCCOc1ccc(C(F)(F)F)cc1NC(=O)c1ccc(-n2cnnn2)cc1. The molecule has 0 unspecified atom stereocenters. The number of alkyl halides is 3. The number of tetrazole rings is 1. The Bertz CT molecular complexity index is 941. The van der Waals surface area contributed by atoms with Crippen molar-refractivity contribution < 1.29 is 22.7 Å². The maximum Gasteiger partial charge on any atom is 0.416 e. The van der Waals surface area contributed by atoms with Crippen LogP contribution in [-0.4, -0.2) is 32.7 Å². The quantitative estimate of drug-likeness (QED) is 0.693. The Hall–Kier alpha value is -3.43. The molecule has 0 saturated heterocycles. The zero-order chi connectivity index (χ0) is 20.1.